The average Bonchev–Trinajstić information content (AvgIpc) is 2.34. The summed E-state index contributed by atoms with van der Waals surface area (Å²) < 4.78 is 13.8. The van der Waals surface area contributed by atoms with E-state index in [4.69, 9.17) is 5.73 Å². The quantitative estimate of drug-likeness (QED) is 0.881. The van der Waals surface area contributed by atoms with Gasteiger partial charge in [-0.15, -0.1) is 0 Å². The first-order chi connectivity index (χ1) is 8.56. The topological polar surface area (TPSA) is 55.1 Å². The summed E-state index contributed by atoms with van der Waals surface area (Å²) in [5.74, 6) is -0.505. The van der Waals surface area contributed by atoms with Gasteiger partial charge in [-0.1, -0.05) is 6.42 Å². The molecule has 3 N–H and O–H groups in total. The Bertz CT molecular complexity index is 453. The highest BCUT2D eigenvalue weighted by Crippen LogP contribution is 2.27. The van der Waals surface area contributed by atoms with Gasteiger partial charge in [-0.25, -0.2) is 4.39 Å². The maximum Gasteiger partial charge on any atom is 0.227 e. The fourth-order valence-electron chi connectivity index (χ4n) is 2.29. The number of halogens is 2. The van der Waals surface area contributed by atoms with Crippen LogP contribution in [0.1, 0.15) is 25.7 Å². The van der Waals surface area contributed by atoms with Crippen LogP contribution in [0.2, 0.25) is 0 Å². The number of amides is 1. The molecule has 18 heavy (non-hydrogen) atoms. The molecule has 1 aliphatic carbocycles. The molecule has 0 spiro atoms. The van der Waals surface area contributed by atoms with Gasteiger partial charge in [0.15, 0.2) is 0 Å². The number of nitrogens with two attached hydrogens (primary N) is 1. The number of carbonyl (C=O) groups excluding carboxylic acids is 1. The minimum atomic E-state index is -0.367. The summed E-state index contributed by atoms with van der Waals surface area (Å²) in [6.45, 7) is 0. The Kier molecular flexibility index (Phi) is 4.35. The maximum absolute atomic E-state index is 13.1. The molecule has 0 heterocycles. The van der Waals surface area contributed by atoms with E-state index in [0.717, 1.165) is 19.3 Å². The van der Waals surface area contributed by atoms with E-state index < -0.39 is 0 Å². The first-order valence-electron chi connectivity index (χ1n) is 6.08. The first kappa shape index (κ1) is 13.5. The summed E-state index contributed by atoms with van der Waals surface area (Å²) in [5, 5.41) is 2.76. The van der Waals surface area contributed by atoms with Crippen LogP contribution in [0.3, 0.4) is 0 Å². The van der Waals surface area contributed by atoms with Crippen molar-refractivity contribution in [2.24, 2.45) is 11.7 Å². The van der Waals surface area contributed by atoms with E-state index in [-0.39, 0.29) is 23.7 Å². The molecule has 2 rings (SSSR count). The molecule has 0 saturated heterocycles. The number of hydrogen-bond acceptors (Lipinski definition) is 2. The van der Waals surface area contributed by atoms with Crippen molar-refractivity contribution in [3.63, 3.8) is 0 Å². The summed E-state index contributed by atoms with van der Waals surface area (Å²) in [6.07, 6.45) is 3.52. The lowest BCUT2D eigenvalue weighted by atomic mass is 9.85. The van der Waals surface area contributed by atoms with E-state index in [0.29, 0.717) is 16.6 Å². The molecule has 1 fully saturated rings. The number of carbonyl (C=O) groups is 1. The van der Waals surface area contributed by atoms with Crippen LogP contribution in [-0.4, -0.2) is 11.9 Å². The molecule has 2 unspecified atom stereocenters. The number of nitrogens with one attached hydrogen (secondary N) is 1. The van der Waals surface area contributed by atoms with Crippen molar-refractivity contribution in [1.82, 2.24) is 0 Å². The Hall–Kier alpha value is -0.940. The van der Waals surface area contributed by atoms with Crippen LogP contribution in [-0.2, 0) is 4.79 Å². The number of rotatable bonds is 2. The van der Waals surface area contributed by atoms with E-state index in [1.54, 1.807) is 6.07 Å². The molecule has 98 valence electrons. The van der Waals surface area contributed by atoms with E-state index in [1.807, 2.05) is 0 Å². The zero-order valence-corrected chi connectivity index (χ0v) is 11.5. The lowest BCUT2D eigenvalue weighted by Crippen LogP contribution is -2.34. The fraction of sp³-hybridized carbons (Fsp3) is 0.462. The third-order valence-electron chi connectivity index (χ3n) is 3.27. The highest BCUT2D eigenvalue weighted by molar-refractivity contribution is 9.10. The molecule has 1 amide bonds. The van der Waals surface area contributed by atoms with Crippen LogP contribution in [0.4, 0.5) is 10.1 Å². The van der Waals surface area contributed by atoms with Gasteiger partial charge in [0, 0.05) is 16.4 Å². The number of hydrogen-bond donors (Lipinski definition) is 2. The summed E-state index contributed by atoms with van der Waals surface area (Å²) in [5.41, 5.74) is 6.33. The average molecular weight is 315 g/mol. The fourth-order valence-corrected chi connectivity index (χ4v) is 2.64. The van der Waals surface area contributed by atoms with Crippen LogP contribution < -0.4 is 11.1 Å². The normalized spacial score (nSPS) is 23.7. The lowest BCUT2D eigenvalue weighted by Gasteiger charge is -2.25. The van der Waals surface area contributed by atoms with Gasteiger partial charge >= 0.3 is 0 Å². The van der Waals surface area contributed by atoms with Crippen LogP contribution in [0, 0.1) is 11.7 Å². The molecular weight excluding hydrogens is 299 g/mol. The Morgan fingerprint density at radius 3 is 2.94 bits per heavy atom. The van der Waals surface area contributed by atoms with Gasteiger partial charge < -0.3 is 11.1 Å². The van der Waals surface area contributed by atoms with Crippen molar-refractivity contribution in [2.45, 2.75) is 31.7 Å². The van der Waals surface area contributed by atoms with Gasteiger partial charge in [0.1, 0.15) is 5.82 Å². The zero-order valence-electron chi connectivity index (χ0n) is 9.96. The van der Waals surface area contributed by atoms with Gasteiger partial charge in [-0.2, -0.15) is 0 Å². The molecule has 1 aromatic carbocycles. The molecule has 0 aliphatic heterocycles. The molecule has 1 saturated carbocycles. The molecule has 1 aliphatic rings. The predicted molar refractivity (Wildman–Crippen MR) is 72.7 cm³/mol. The summed E-state index contributed by atoms with van der Waals surface area (Å²) >= 11 is 3.29. The van der Waals surface area contributed by atoms with E-state index in [2.05, 4.69) is 21.2 Å². The highest BCUT2D eigenvalue weighted by Gasteiger charge is 2.25. The molecule has 2 atom stereocenters. The second-order valence-electron chi connectivity index (χ2n) is 4.74. The molecule has 5 heteroatoms. The highest BCUT2D eigenvalue weighted by atomic mass is 79.9. The van der Waals surface area contributed by atoms with E-state index in [9.17, 15) is 9.18 Å². The molecule has 0 aromatic heterocycles. The largest absolute Gasteiger partial charge is 0.328 e. The SMILES string of the molecule is NC1CCCC(C(=O)Nc2cc(F)ccc2Br)C1. The monoisotopic (exact) mass is 314 g/mol. The first-order valence-corrected chi connectivity index (χ1v) is 6.87. The number of benzene rings is 1. The maximum atomic E-state index is 13.1. The molecule has 0 bridgehead atoms. The Balaban J connectivity index is 2.04. The zero-order chi connectivity index (χ0) is 13.1. The van der Waals surface area contributed by atoms with E-state index in [1.165, 1.54) is 12.1 Å². The molecule has 0 radical (unpaired) electrons. The second kappa shape index (κ2) is 5.80. The minimum Gasteiger partial charge on any atom is -0.328 e. The molecule has 1 aromatic rings. The third-order valence-corrected chi connectivity index (χ3v) is 3.96. The second-order valence-corrected chi connectivity index (χ2v) is 5.59. The van der Waals surface area contributed by atoms with Crippen LogP contribution in [0.25, 0.3) is 0 Å². The summed E-state index contributed by atoms with van der Waals surface area (Å²) in [6, 6.07) is 4.34. The van der Waals surface area contributed by atoms with Crippen LogP contribution in [0.15, 0.2) is 22.7 Å². The third kappa shape index (κ3) is 3.29. The van der Waals surface area contributed by atoms with Crippen LogP contribution in [0.5, 0.6) is 0 Å². The summed E-state index contributed by atoms with van der Waals surface area (Å²) in [7, 11) is 0. The van der Waals surface area contributed by atoms with Crippen molar-refractivity contribution in [1.29, 1.82) is 0 Å². The lowest BCUT2D eigenvalue weighted by molar-refractivity contribution is -0.120. The van der Waals surface area contributed by atoms with Crippen molar-refractivity contribution < 1.29 is 9.18 Å². The minimum absolute atomic E-state index is 0.0658. The molecule has 3 nitrogen and oxygen atoms in total. The van der Waals surface area contributed by atoms with Gasteiger partial charge in [0.25, 0.3) is 0 Å². The van der Waals surface area contributed by atoms with Crippen molar-refractivity contribution in [3.05, 3.63) is 28.5 Å². The molecular formula is C13H16BrFN2O. The van der Waals surface area contributed by atoms with Crippen LogP contribution >= 0.6 is 15.9 Å². The Labute approximate surface area is 114 Å². The van der Waals surface area contributed by atoms with Gasteiger partial charge in [0.05, 0.1) is 5.69 Å². The van der Waals surface area contributed by atoms with Gasteiger partial charge in [-0.05, 0) is 53.4 Å². The Morgan fingerprint density at radius 2 is 2.22 bits per heavy atom. The van der Waals surface area contributed by atoms with E-state index >= 15 is 0 Å². The Morgan fingerprint density at radius 1 is 1.44 bits per heavy atom. The van der Waals surface area contributed by atoms with Crippen molar-refractivity contribution >= 4 is 27.5 Å². The van der Waals surface area contributed by atoms with Gasteiger partial charge in [0.2, 0.25) is 5.91 Å². The van der Waals surface area contributed by atoms with Gasteiger partial charge in [-0.3, -0.25) is 4.79 Å². The summed E-state index contributed by atoms with van der Waals surface area (Å²) in [4.78, 5) is 12.1. The van der Waals surface area contributed by atoms with Crippen molar-refractivity contribution in [3.8, 4) is 0 Å². The van der Waals surface area contributed by atoms with Crippen molar-refractivity contribution in [2.75, 3.05) is 5.32 Å². The smallest absolute Gasteiger partial charge is 0.227 e. The number of anilines is 1. The standard InChI is InChI=1S/C13H16BrFN2O/c14-11-5-4-9(15)7-12(11)17-13(18)8-2-1-3-10(16)6-8/h4-5,7-8,10H,1-3,6,16H2,(H,17,18). The predicted octanol–water partition coefficient (Wildman–Crippen LogP) is 3.04.